The molecule has 1 N–H and O–H groups in total. The molecule has 2 aliphatic rings. The third-order valence-corrected chi connectivity index (χ3v) is 9.66. The summed E-state index contributed by atoms with van der Waals surface area (Å²) >= 11 is 1.44. The van der Waals surface area contributed by atoms with Gasteiger partial charge in [-0.1, -0.05) is 13.8 Å². The van der Waals surface area contributed by atoms with Crippen LogP contribution in [0.5, 0.6) is 0 Å². The number of rotatable bonds is 5. The van der Waals surface area contributed by atoms with E-state index in [0.29, 0.717) is 41.1 Å². The number of thiophene rings is 1. The first-order valence-corrected chi connectivity index (χ1v) is 14.2. The van der Waals surface area contributed by atoms with Crippen molar-refractivity contribution >= 4 is 38.2 Å². The summed E-state index contributed by atoms with van der Waals surface area (Å²) in [5.74, 6) is 0.130. The molecule has 1 aromatic carbocycles. The van der Waals surface area contributed by atoms with Crippen LogP contribution in [0.25, 0.3) is 0 Å². The zero-order chi connectivity index (χ0) is 25.5. The molecule has 2 amide bonds. The van der Waals surface area contributed by atoms with Crippen molar-refractivity contribution in [3.8, 4) is 0 Å². The van der Waals surface area contributed by atoms with Gasteiger partial charge >= 0.3 is 0 Å². The van der Waals surface area contributed by atoms with Crippen molar-refractivity contribution in [3.63, 3.8) is 0 Å². The van der Waals surface area contributed by atoms with Gasteiger partial charge in [-0.3, -0.25) is 9.59 Å². The highest BCUT2D eigenvalue weighted by Crippen LogP contribution is 2.38. The second-order valence-corrected chi connectivity index (χ2v) is 13.2. The standard InChI is InChI=1S/C25H34N4O4S2/c1-16-12-17(2)14-29(13-16)35(32,33)19-8-6-18(7-9-19)23(30)26-24-22(25(31)27(3)4)20-10-11-28(5)15-21(20)34-24/h6-9,16-17H,10-15H2,1-5H3,(H,26,30). The summed E-state index contributed by atoms with van der Waals surface area (Å²) in [7, 11) is 1.83. The molecule has 2 aliphatic heterocycles. The van der Waals surface area contributed by atoms with Crippen LogP contribution in [0, 0.1) is 11.8 Å². The van der Waals surface area contributed by atoms with Gasteiger partial charge < -0.3 is 15.1 Å². The molecule has 0 spiro atoms. The molecule has 1 fully saturated rings. The van der Waals surface area contributed by atoms with Crippen molar-refractivity contribution < 1.29 is 18.0 Å². The van der Waals surface area contributed by atoms with Crippen LogP contribution in [-0.4, -0.2) is 75.1 Å². The van der Waals surface area contributed by atoms with Crippen LogP contribution in [0.4, 0.5) is 5.00 Å². The van der Waals surface area contributed by atoms with Crippen LogP contribution in [0.15, 0.2) is 29.2 Å². The Morgan fingerprint density at radius 2 is 1.71 bits per heavy atom. The smallest absolute Gasteiger partial charge is 0.256 e. The van der Waals surface area contributed by atoms with Crippen LogP contribution in [0.2, 0.25) is 0 Å². The third kappa shape index (κ3) is 5.30. The van der Waals surface area contributed by atoms with E-state index in [2.05, 4.69) is 24.1 Å². The van der Waals surface area contributed by atoms with Crippen LogP contribution < -0.4 is 5.32 Å². The quantitative estimate of drug-likeness (QED) is 0.656. The second-order valence-electron chi connectivity index (χ2n) is 10.1. The molecule has 0 bridgehead atoms. The number of benzene rings is 1. The van der Waals surface area contributed by atoms with E-state index in [-0.39, 0.29) is 16.7 Å². The van der Waals surface area contributed by atoms with Gasteiger partial charge in [-0.15, -0.1) is 11.3 Å². The largest absolute Gasteiger partial charge is 0.345 e. The summed E-state index contributed by atoms with van der Waals surface area (Å²) in [6, 6.07) is 6.06. The highest BCUT2D eigenvalue weighted by molar-refractivity contribution is 7.89. The monoisotopic (exact) mass is 518 g/mol. The Morgan fingerprint density at radius 1 is 1.09 bits per heavy atom. The highest BCUT2D eigenvalue weighted by atomic mass is 32.2. The number of carbonyl (C=O) groups excluding carboxylic acids is 2. The Balaban J connectivity index is 1.56. The van der Waals surface area contributed by atoms with Crippen molar-refractivity contribution in [2.24, 2.45) is 11.8 Å². The number of carbonyl (C=O) groups is 2. The predicted molar refractivity (Wildman–Crippen MR) is 138 cm³/mol. The number of piperidine rings is 1. The maximum atomic E-state index is 13.2. The fraction of sp³-hybridized carbons (Fsp3) is 0.520. The van der Waals surface area contributed by atoms with Crippen LogP contribution in [-0.2, 0) is 23.0 Å². The maximum absolute atomic E-state index is 13.2. The van der Waals surface area contributed by atoms with Crippen LogP contribution in [0.3, 0.4) is 0 Å². The van der Waals surface area contributed by atoms with Crippen LogP contribution >= 0.6 is 11.3 Å². The summed E-state index contributed by atoms with van der Waals surface area (Å²) in [6.07, 6.45) is 1.78. The topological polar surface area (TPSA) is 90.0 Å². The summed E-state index contributed by atoms with van der Waals surface area (Å²) in [6.45, 7) is 6.76. The van der Waals surface area contributed by atoms with Gasteiger partial charge in [0, 0.05) is 50.7 Å². The SMILES string of the molecule is CC1CC(C)CN(S(=O)(=O)c2ccc(C(=O)Nc3sc4c(c3C(=O)N(C)C)CCN(C)C4)cc2)C1. The van der Waals surface area contributed by atoms with Gasteiger partial charge in [-0.25, -0.2) is 8.42 Å². The van der Waals surface area contributed by atoms with Crippen LogP contribution in [0.1, 0.15) is 51.4 Å². The fourth-order valence-electron chi connectivity index (χ4n) is 4.97. The van der Waals surface area contributed by atoms with E-state index < -0.39 is 10.0 Å². The van der Waals surface area contributed by atoms with Crippen molar-refractivity contribution in [3.05, 3.63) is 45.8 Å². The maximum Gasteiger partial charge on any atom is 0.256 e. The van der Waals surface area contributed by atoms with Gasteiger partial charge in [0.2, 0.25) is 10.0 Å². The molecule has 1 aromatic heterocycles. The van der Waals surface area contributed by atoms with Gasteiger partial charge in [-0.2, -0.15) is 4.31 Å². The summed E-state index contributed by atoms with van der Waals surface area (Å²) in [4.78, 5) is 31.0. The van der Waals surface area contributed by atoms with Crippen molar-refractivity contribution in [1.82, 2.24) is 14.1 Å². The lowest BCUT2D eigenvalue weighted by atomic mass is 9.94. The lowest BCUT2D eigenvalue weighted by Gasteiger charge is -2.34. The number of hydrogen-bond donors (Lipinski definition) is 1. The van der Waals surface area contributed by atoms with Gasteiger partial charge in [-0.05, 0) is 61.6 Å². The third-order valence-electron chi connectivity index (χ3n) is 6.68. The van der Waals surface area contributed by atoms with E-state index >= 15 is 0 Å². The molecule has 0 radical (unpaired) electrons. The molecule has 1 saturated heterocycles. The molecule has 0 aliphatic carbocycles. The Labute approximate surface area is 212 Å². The number of fused-ring (bicyclic) bond motifs is 1. The van der Waals surface area contributed by atoms with E-state index in [0.717, 1.165) is 36.4 Å². The molecule has 0 saturated carbocycles. The molecular weight excluding hydrogens is 484 g/mol. The molecule has 35 heavy (non-hydrogen) atoms. The lowest BCUT2D eigenvalue weighted by molar-refractivity contribution is 0.0827. The zero-order valence-electron chi connectivity index (χ0n) is 21.0. The molecule has 190 valence electrons. The number of sulfonamides is 1. The Morgan fingerprint density at radius 3 is 2.31 bits per heavy atom. The molecule has 4 rings (SSSR count). The first kappa shape index (κ1) is 25.8. The van der Waals surface area contributed by atoms with Gasteiger partial charge in [0.1, 0.15) is 5.00 Å². The Kier molecular flexibility index (Phi) is 7.38. The Bertz CT molecular complexity index is 1210. The predicted octanol–water partition coefficient (Wildman–Crippen LogP) is 3.36. The fourth-order valence-corrected chi connectivity index (χ4v) is 7.97. The van der Waals surface area contributed by atoms with Crippen molar-refractivity contribution in [2.75, 3.05) is 46.1 Å². The summed E-state index contributed by atoms with van der Waals surface area (Å²) in [5.41, 5.74) is 1.91. The minimum Gasteiger partial charge on any atom is -0.345 e. The van der Waals surface area contributed by atoms with E-state index in [1.807, 2.05) is 7.05 Å². The minimum absolute atomic E-state index is 0.131. The highest BCUT2D eigenvalue weighted by Gasteiger charge is 2.32. The number of amides is 2. The van der Waals surface area contributed by atoms with E-state index in [9.17, 15) is 18.0 Å². The van der Waals surface area contributed by atoms with Gasteiger partial charge in [0.05, 0.1) is 10.5 Å². The summed E-state index contributed by atoms with van der Waals surface area (Å²) in [5, 5.41) is 3.47. The van der Waals surface area contributed by atoms with Crippen molar-refractivity contribution in [2.45, 2.75) is 38.1 Å². The van der Waals surface area contributed by atoms with Gasteiger partial charge in [0.25, 0.3) is 11.8 Å². The minimum atomic E-state index is -3.62. The number of nitrogens with zero attached hydrogens (tertiary/aromatic N) is 3. The molecule has 2 unspecified atom stereocenters. The summed E-state index contributed by atoms with van der Waals surface area (Å²) < 4.78 is 27.9. The van der Waals surface area contributed by atoms with E-state index in [4.69, 9.17) is 0 Å². The molecule has 2 atom stereocenters. The number of nitrogens with one attached hydrogen (secondary N) is 1. The molecule has 10 heteroatoms. The van der Waals surface area contributed by atoms with E-state index in [1.165, 1.54) is 40.5 Å². The number of hydrogen-bond acceptors (Lipinski definition) is 6. The molecule has 2 aromatic rings. The second kappa shape index (κ2) is 10.0. The number of anilines is 1. The Hall–Kier alpha value is -2.27. The van der Waals surface area contributed by atoms with Crippen molar-refractivity contribution in [1.29, 1.82) is 0 Å². The van der Waals surface area contributed by atoms with Gasteiger partial charge in [0.15, 0.2) is 0 Å². The average Bonchev–Trinajstić information content (AvgIpc) is 3.14. The molecule has 3 heterocycles. The lowest BCUT2D eigenvalue weighted by Crippen LogP contribution is -2.42. The molecular formula is C25H34N4O4S2. The van der Waals surface area contributed by atoms with E-state index in [1.54, 1.807) is 18.4 Å². The first-order valence-electron chi connectivity index (χ1n) is 11.9. The zero-order valence-corrected chi connectivity index (χ0v) is 22.6. The first-order chi connectivity index (χ1) is 16.5. The molecule has 8 nitrogen and oxygen atoms in total. The normalized spacial score (nSPS) is 21.4. The number of likely N-dealkylation sites (N-methyl/N-ethyl adjacent to an activating group) is 1. The average molecular weight is 519 g/mol.